The number of aromatic nitrogens is 2. The Bertz CT molecular complexity index is 884. The van der Waals surface area contributed by atoms with Crippen LogP contribution < -0.4 is 5.32 Å². The minimum atomic E-state index is -0.310. The van der Waals surface area contributed by atoms with Crippen molar-refractivity contribution in [3.63, 3.8) is 0 Å². The van der Waals surface area contributed by atoms with Crippen LogP contribution in [0.25, 0.3) is 16.9 Å². The standard InChI is InChI=1S/C20H20FN3O/c1-3-11-22-20(25)18-13-24(17-9-7-16(21)8-10-17)23-19(18)15-6-4-5-14(2)12-15/h4-10,12-13H,3,11H2,1-2H3,(H,22,25). The van der Waals surface area contributed by atoms with E-state index in [1.54, 1.807) is 23.0 Å². The summed E-state index contributed by atoms with van der Waals surface area (Å²) in [5, 5.41) is 7.48. The molecule has 0 bridgehead atoms. The van der Waals surface area contributed by atoms with Gasteiger partial charge in [-0.3, -0.25) is 4.79 Å². The summed E-state index contributed by atoms with van der Waals surface area (Å²) in [6.07, 6.45) is 2.55. The quantitative estimate of drug-likeness (QED) is 0.761. The number of hydrogen-bond acceptors (Lipinski definition) is 2. The Morgan fingerprint density at radius 3 is 2.64 bits per heavy atom. The molecule has 25 heavy (non-hydrogen) atoms. The fourth-order valence-electron chi connectivity index (χ4n) is 2.61. The van der Waals surface area contributed by atoms with E-state index in [2.05, 4.69) is 10.4 Å². The number of hydrogen-bond donors (Lipinski definition) is 1. The van der Waals surface area contributed by atoms with E-state index < -0.39 is 0 Å². The third-order valence-electron chi connectivity index (χ3n) is 3.88. The molecule has 1 N–H and O–H groups in total. The second-order valence-electron chi connectivity index (χ2n) is 5.94. The van der Waals surface area contributed by atoms with E-state index in [4.69, 9.17) is 0 Å². The molecular weight excluding hydrogens is 317 g/mol. The minimum absolute atomic E-state index is 0.160. The first-order chi connectivity index (χ1) is 12.1. The summed E-state index contributed by atoms with van der Waals surface area (Å²) in [5.41, 5.74) is 3.78. The summed E-state index contributed by atoms with van der Waals surface area (Å²) in [6, 6.07) is 13.9. The SMILES string of the molecule is CCCNC(=O)c1cn(-c2ccc(F)cc2)nc1-c1cccc(C)c1. The van der Waals surface area contributed by atoms with E-state index in [0.717, 1.165) is 17.5 Å². The van der Waals surface area contributed by atoms with E-state index in [-0.39, 0.29) is 11.7 Å². The molecule has 0 atom stereocenters. The number of nitrogens with one attached hydrogen (secondary N) is 1. The van der Waals surface area contributed by atoms with Crippen LogP contribution in [0.1, 0.15) is 29.3 Å². The lowest BCUT2D eigenvalue weighted by atomic mass is 10.1. The predicted octanol–water partition coefficient (Wildman–Crippen LogP) is 4.13. The van der Waals surface area contributed by atoms with E-state index in [1.165, 1.54) is 12.1 Å². The van der Waals surface area contributed by atoms with Crippen LogP contribution in [0.15, 0.2) is 54.7 Å². The van der Waals surface area contributed by atoms with Gasteiger partial charge in [-0.2, -0.15) is 5.10 Å². The first kappa shape index (κ1) is 16.9. The normalized spacial score (nSPS) is 10.7. The Balaban J connectivity index is 2.07. The van der Waals surface area contributed by atoms with Gasteiger partial charge in [-0.1, -0.05) is 30.7 Å². The van der Waals surface area contributed by atoms with Gasteiger partial charge in [-0.05, 0) is 43.7 Å². The third-order valence-corrected chi connectivity index (χ3v) is 3.88. The highest BCUT2D eigenvalue weighted by Crippen LogP contribution is 2.24. The van der Waals surface area contributed by atoms with E-state index in [1.807, 2.05) is 38.1 Å². The van der Waals surface area contributed by atoms with Crippen LogP contribution in [0.4, 0.5) is 4.39 Å². The maximum Gasteiger partial charge on any atom is 0.255 e. The van der Waals surface area contributed by atoms with Gasteiger partial charge < -0.3 is 5.32 Å². The minimum Gasteiger partial charge on any atom is -0.352 e. The lowest BCUT2D eigenvalue weighted by Crippen LogP contribution is -2.24. The van der Waals surface area contributed by atoms with Crippen molar-refractivity contribution >= 4 is 5.91 Å². The molecule has 0 aliphatic rings. The van der Waals surface area contributed by atoms with Crippen molar-refractivity contribution in [2.75, 3.05) is 6.54 Å². The second-order valence-corrected chi connectivity index (χ2v) is 5.94. The zero-order valence-corrected chi connectivity index (χ0v) is 14.3. The first-order valence-corrected chi connectivity index (χ1v) is 8.29. The lowest BCUT2D eigenvalue weighted by molar-refractivity contribution is 0.0954. The van der Waals surface area contributed by atoms with Crippen molar-refractivity contribution in [2.24, 2.45) is 0 Å². The lowest BCUT2D eigenvalue weighted by Gasteiger charge is -2.04. The summed E-state index contributed by atoms with van der Waals surface area (Å²) < 4.78 is 14.8. The summed E-state index contributed by atoms with van der Waals surface area (Å²) >= 11 is 0. The van der Waals surface area contributed by atoms with Crippen molar-refractivity contribution in [1.82, 2.24) is 15.1 Å². The zero-order chi connectivity index (χ0) is 17.8. The first-order valence-electron chi connectivity index (χ1n) is 8.29. The van der Waals surface area contributed by atoms with E-state index in [0.29, 0.717) is 23.5 Å². The topological polar surface area (TPSA) is 46.9 Å². The van der Waals surface area contributed by atoms with Gasteiger partial charge in [0.2, 0.25) is 0 Å². The Kier molecular flexibility index (Phi) is 4.93. The number of amides is 1. The molecule has 1 amide bonds. The molecule has 0 saturated carbocycles. The van der Waals surface area contributed by atoms with Crippen molar-refractivity contribution in [3.8, 4) is 16.9 Å². The van der Waals surface area contributed by atoms with Crippen LogP contribution in [0.5, 0.6) is 0 Å². The Morgan fingerprint density at radius 1 is 1.20 bits per heavy atom. The van der Waals surface area contributed by atoms with Gasteiger partial charge in [0.25, 0.3) is 5.91 Å². The van der Waals surface area contributed by atoms with Gasteiger partial charge in [-0.25, -0.2) is 9.07 Å². The molecule has 128 valence electrons. The fourth-order valence-corrected chi connectivity index (χ4v) is 2.61. The number of carbonyl (C=O) groups excluding carboxylic acids is 1. The van der Waals surface area contributed by atoms with Crippen molar-refractivity contribution in [3.05, 3.63) is 71.7 Å². The molecule has 0 spiro atoms. The fraction of sp³-hybridized carbons (Fsp3) is 0.200. The predicted molar refractivity (Wildman–Crippen MR) is 96.3 cm³/mol. The van der Waals surface area contributed by atoms with Crippen LogP contribution in [-0.2, 0) is 0 Å². The second kappa shape index (κ2) is 7.30. The number of halogens is 1. The average molecular weight is 337 g/mol. The molecule has 0 radical (unpaired) electrons. The van der Waals surface area contributed by atoms with Crippen LogP contribution in [0.2, 0.25) is 0 Å². The summed E-state index contributed by atoms with van der Waals surface area (Å²) in [5.74, 6) is -0.470. The number of aryl methyl sites for hydroxylation is 1. The average Bonchev–Trinajstić information content (AvgIpc) is 3.06. The molecule has 3 aromatic rings. The van der Waals surface area contributed by atoms with Gasteiger partial charge in [0.05, 0.1) is 11.3 Å². The smallest absolute Gasteiger partial charge is 0.255 e. The van der Waals surface area contributed by atoms with Crippen LogP contribution in [-0.4, -0.2) is 22.2 Å². The molecule has 0 saturated heterocycles. The molecule has 4 nitrogen and oxygen atoms in total. The number of rotatable bonds is 5. The Hall–Kier alpha value is -2.95. The zero-order valence-electron chi connectivity index (χ0n) is 14.3. The highest BCUT2D eigenvalue weighted by molar-refractivity contribution is 5.99. The van der Waals surface area contributed by atoms with Gasteiger partial charge >= 0.3 is 0 Å². The van der Waals surface area contributed by atoms with Crippen molar-refractivity contribution in [2.45, 2.75) is 20.3 Å². The molecule has 0 aliphatic carbocycles. The number of benzene rings is 2. The molecule has 1 heterocycles. The van der Waals surface area contributed by atoms with Crippen LogP contribution in [0.3, 0.4) is 0 Å². The van der Waals surface area contributed by atoms with Crippen molar-refractivity contribution < 1.29 is 9.18 Å². The van der Waals surface area contributed by atoms with Gasteiger partial charge in [-0.15, -0.1) is 0 Å². The molecule has 5 heteroatoms. The molecule has 0 aliphatic heterocycles. The van der Waals surface area contributed by atoms with Crippen molar-refractivity contribution in [1.29, 1.82) is 0 Å². The molecule has 3 rings (SSSR count). The van der Waals surface area contributed by atoms with Gasteiger partial charge in [0, 0.05) is 18.3 Å². The van der Waals surface area contributed by atoms with Crippen LogP contribution >= 0.6 is 0 Å². The van der Waals surface area contributed by atoms with Crippen LogP contribution in [0, 0.1) is 12.7 Å². The van der Waals surface area contributed by atoms with E-state index >= 15 is 0 Å². The molecule has 1 aromatic heterocycles. The highest BCUT2D eigenvalue weighted by Gasteiger charge is 2.18. The maximum absolute atomic E-state index is 13.2. The highest BCUT2D eigenvalue weighted by atomic mass is 19.1. The van der Waals surface area contributed by atoms with Gasteiger partial charge in [0.1, 0.15) is 11.5 Å². The molecule has 2 aromatic carbocycles. The summed E-state index contributed by atoms with van der Waals surface area (Å²) in [7, 11) is 0. The van der Waals surface area contributed by atoms with Gasteiger partial charge in [0.15, 0.2) is 0 Å². The largest absolute Gasteiger partial charge is 0.352 e. The molecule has 0 fully saturated rings. The Labute approximate surface area is 146 Å². The summed E-state index contributed by atoms with van der Waals surface area (Å²) in [6.45, 7) is 4.61. The number of nitrogens with zero attached hydrogens (tertiary/aromatic N) is 2. The molecule has 0 unspecified atom stereocenters. The van der Waals surface area contributed by atoms with E-state index in [9.17, 15) is 9.18 Å². The monoisotopic (exact) mass is 337 g/mol. The Morgan fingerprint density at radius 2 is 1.96 bits per heavy atom. The summed E-state index contributed by atoms with van der Waals surface area (Å²) in [4.78, 5) is 12.6. The molecular formula is C20H20FN3O. The number of carbonyl (C=O) groups is 1. The third kappa shape index (κ3) is 3.76. The maximum atomic E-state index is 13.2.